The molecule has 0 unspecified atom stereocenters. The Bertz CT molecular complexity index is 1580. The standard InChI is InChI=1S/C28H21BrClN3O3S/c1-17-22(21-7-3-5-9-24(21)32(17)15-18-6-2-4-8-23(18)30)14-25-27(35)33(28(36)37-25)16-26(34)31-20-12-10-19(29)11-13-20/h2-14H,15-16H2,1H3,(H,31,34)/b25-14-. The molecule has 1 fully saturated rings. The maximum absolute atomic E-state index is 13.1. The maximum atomic E-state index is 13.1. The first kappa shape index (κ1) is 25.3. The molecule has 1 aliphatic rings. The van der Waals surface area contributed by atoms with Crippen molar-refractivity contribution >= 4 is 79.0 Å². The molecule has 3 amide bonds. The lowest BCUT2D eigenvalue weighted by Gasteiger charge is -2.12. The van der Waals surface area contributed by atoms with Crippen molar-refractivity contribution in [3.05, 3.63) is 104 Å². The van der Waals surface area contributed by atoms with Gasteiger partial charge in [-0.2, -0.15) is 0 Å². The number of thioether (sulfide) groups is 1. The summed E-state index contributed by atoms with van der Waals surface area (Å²) in [6.45, 7) is 2.20. The van der Waals surface area contributed by atoms with Crippen molar-refractivity contribution in [1.29, 1.82) is 0 Å². The molecule has 1 N–H and O–H groups in total. The lowest BCUT2D eigenvalue weighted by Crippen LogP contribution is -2.36. The molecule has 0 atom stereocenters. The number of halogens is 2. The van der Waals surface area contributed by atoms with Gasteiger partial charge in [-0.1, -0.05) is 63.9 Å². The minimum Gasteiger partial charge on any atom is -0.340 e. The lowest BCUT2D eigenvalue weighted by molar-refractivity contribution is -0.127. The molecule has 5 rings (SSSR count). The van der Waals surface area contributed by atoms with Gasteiger partial charge in [-0.3, -0.25) is 19.3 Å². The Hall–Kier alpha value is -3.33. The summed E-state index contributed by atoms with van der Waals surface area (Å²) in [4.78, 5) is 39.6. The molecule has 2 heterocycles. The van der Waals surface area contributed by atoms with Crippen molar-refractivity contribution in [1.82, 2.24) is 9.47 Å². The second-order valence-corrected chi connectivity index (χ2v) is 10.8. The highest BCUT2D eigenvalue weighted by Crippen LogP contribution is 2.36. The van der Waals surface area contributed by atoms with Gasteiger partial charge in [-0.15, -0.1) is 0 Å². The van der Waals surface area contributed by atoms with Crippen LogP contribution in [0, 0.1) is 6.92 Å². The third-order valence-corrected chi connectivity index (χ3v) is 7.95. The number of carbonyl (C=O) groups is 3. The van der Waals surface area contributed by atoms with Gasteiger partial charge in [0.05, 0.1) is 4.91 Å². The van der Waals surface area contributed by atoms with Crippen LogP contribution in [0.1, 0.15) is 16.8 Å². The molecule has 37 heavy (non-hydrogen) atoms. The van der Waals surface area contributed by atoms with Crippen LogP contribution in [0.4, 0.5) is 10.5 Å². The summed E-state index contributed by atoms with van der Waals surface area (Å²) in [6, 6.07) is 22.7. The molecule has 4 aromatic rings. The van der Waals surface area contributed by atoms with Crippen LogP contribution in [0.25, 0.3) is 17.0 Å². The summed E-state index contributed by atoms with van der Waals surface area (Å²) >= 11 is 10.6. The minimum absolute atomic E-state index is 0.283. The van der Waals surface area contributed by atoms with E-state index in [0.29, 0.717) is 17.3 Å². The third kappa shape index (κ3) is 5.23. The molecular formula is C28H21BrClN3O3S. The summed E-state index contributed by atoms with van der Waals surface area (Å²) in [6.07, 6.45) is 1.75. The van der Waals surface area contributed by atoms with Crippen LogP contribution in [0.5, 0.6) is 0 Å². The zero-order valence-corrected chi connectivity index (χ0v) is 22.9. The van der Waals surface area contributed by atoms with E-state index in [2.05, 4.69) is 25.8 Å². The molecule has 0 bridgehead atoms. The number of nitrogens with one attached hydrogen (secondary N) is 1. The molecule has 3 aromatic carbocycles. The fourth-order valence-electron chi connectivity index (χ4n) is 4.29. The highest BCUT2D eigenvalue weighted by Gasteiger charge is 2.36. The Labute approximate surface area is 231 Å². The topological polar surface area (TPSA) is 71.4 Å². The highest BCUT2D eigenvalue weighted by atomic mass is 79.9. The molecule has 1 aromatic heterocycles. The first-order valence-corrected chi connectivity index (χ1v) is 13.4. The van der Waals surface area contributed by atoms with Gasteiger partial charge in [0.2, 0.25) is 5.91 Å². The van der Waals surface area contributed by atoms with Crippen LogP contribution in [-0.4, -0.2) is 33.1 Å². The van der Waals surface area contributed by atoms with Crippen LogP contribution in [0.2, 0.25) is 5.02 Å². The number of nitrogens with zero attached hydrogens (tertiary/aromatic N) is 2. The van der Waals surface area contributed by atoms with Crippen LogP contribution in [0.3, 0.4) is 0 Å². The molecule has 0 aliphatic carbocycles. The number of hydrogen-bond acceptors (Lipinski definition) is 4. The molecule has 9 heteroatoms. The molecular weight excluding hydrogens is 574 g/mol. The van der Waals surface area contributed by atoms with Crippen molar-refractivity contribution in [2.24, 2.45) is 0 Å². The average Bonchev–Trinajstić information content (AvgIpc) is 3.30. The Morgan fingerprint density at radius 3 is 2.49 bits per heavy atom. The van der Waals surface area contributed by atoms with Crippen molar-refractivity contribution in [3.63, 3.8) is 0 Å². The number of rotatable bonds is 6. The zero-order chi connectivity index (χ0) is 26.1. The molecule has 0 spiro atoms. The van der Waals surface area contributed by atoms with Gasteiger partial charge in [0.15, 0.2) is 0 Å². The summed E-state index contributed by atoms with van der Waals surface area (Å²) in [5.74, 6) is -0.929. The summed E-state index contributed by atoms with van der Waals surface area (Å²) in [5, 5.41) is 3.89. The van der Waals surface area contributed by atoms with Crippen molar-refractivity contribution in [2.75, 3.05) is 11.9 Å². The SMILES string of the molecule is Cc1c(/C=C2\SC(=O)N(CC(=O)Nc3ccc(Br)cc3)C2=O)c2ccccc2n1Cc1ccccc1Cl. The Balaban J connectivity index is 1.42. The number of fused-ring (bicyclic) bond motifs is 1. The number of anilines is 1. The number of aromatic nitrogens is 1. The minimum atomic E-state index is -0.483. The highest BCUT2D eigenvalue weighted by molar-refractivity contribution is 9.10. The largest absolute Gasteiger partial charge is 0.340 e. The van der Waals surface area contributed by atoms with Crippen LogP contribution in [0.15, 0.2) is 82.2 Å². The van der Waals surface area contributed by atoms with E-state index >= 15 is 0 Å². The average molecular weight is 595 g/mol. The summed E-state index contributed by atoms with van der Waals surface area (Å²) < 4.78 is 3.03. The number of hydrogen-bond donors (Lipinski definition) is 1. The van der Waals surface area contributed by atoms with Gasteiger partial charge < -0.3 is 9.88 Å². The summed E-state index contributed by atoms with van der Waals surface area (Å²) in [5.41, 5.74) is 4.36. The summed E-state index contributed by atoms with van der Waals surface area (Å²) in [7, 11) is 0. The fraction of sp³-hybridized carbons (Fsp3) is 0.107. The van der Waals surface area contributed by atoms with Crippen LogP contribution >= 0.6 is 39.3 Å². The van der Waals surface area contributed by atoms with Gasteiger partial charge in [0.1, 0.15) is 6.54 Å². The molecule has 6 nitrogen and oxygen atoms in total. The van der Waals surface area contributed by atoms with E-state index in [1.165, 1.54) is 0 Å². The number of benzene rings is 3. The number of amides is 3. The van der Waals surface area contributed by atoms with Gasteiger partial charge in [-0.25, -0.2) is 0 Å². The molecule has 1 saturated heterocycles. The number of para-hydroxylation sites is 1. The van der Waals surface area contributed by atoms with Gasteiger partial charge in [0.25, 0.3) is 11.1 Å². The smallest absolute Gasteiger partial charge is 0.294 e. The Morgan fingerprint density at radius 1 is 1.03 bits per heavy atom. The Morgan fingerprint density at radius 2 is 1.73 bits per heavy atom. The maximum Gasteiger partial charge on any atom is 0.294 e. The van der Waals surface area contributed by atoms with Crippen molar-refractivity contribution in [3.8, 4) is 0 Å². The van der Waals surface area contributed by atoms with Crippen molar-refractivity contribution in [2.45, 2.75) is 13.5 Å². The first-order chi connectivity index (χ1) is 17.8. The van der Waals surface area contributed by atoms with E-state index in [4.69, 9.17) is 11.6 Å². The predicted octanol–water partition coefficient (Wildman–Crippen LogP) is 7.09. The second kappa shape index (κ2) is 10.6. The second-order valence-electron chi connectivity index (χ2n) is 8.52. The Kier molecular flexibility index (Phi) is 7.24. The third-order valence-electron chi connectivity index (χ3n) is 6.14. The normalized spacial score (nSPS) is 14.7. The van der Waals surface area contributed by atoms with E-state index in [1.54, 1.807) is 30.3 Å². The van der Waals surface area contributed by atoms with Crippen LogP contribution in [-0.2, 0) is 16.1 Å². The predicted molar refractivity (Wildman–Crippen MR) is 153 cm³/mol. The van der Waals surface area contributed by atoms with Gasteiger partial charge in [-0.05, 0) is 66.7 Å². The van der Waals surface area contributed by atoms with E-state index in [9.17, 15) is 14.4 Å². The van der Waals surface area contributed by atoms with Crippen LogP contribution < -0.4 is 5.32 Å². The molecule has 186 valence electrons. The molecule has 0 saturated carbocycles. The van der Waals surface area contributed by atoms with E-state index in [1.807, 2.05) is 55.5 Å². The monoisotopic (exact) mass is 593 g/mol. The van der Waals surface area contributed by atoms with Gasteiger partial charge in [0, 0.05) is 43.9 Å². The van der Waals surface area contributed by atoms with Crippen molar-refractivity contribution < 1.29 is 14.4 Å². The quantitative estimate of drug-likeness (QED) is 0.242. The first-order valence-electron chi connectivity index (χ1n) is 11.4. The van der Waals surface area contributed by atoms with Gasteiger partial charge >= 0.3 is 0 Å². The van der Waals surface area contributed by atoms with E-state index in [-0.39, 0.29) is 11.4 Å². The number of imide groups is 1. The van der Waals surface area contributed by atoms with E-state index in [0.717, 1.165) is 48.9 Å². The zero-order valence-electron chi connectivity index (χ0n) is 19.7. The fourth-order valence-corrected chi connectivity index (χ4v) is 5.57. The number of carbonyl (C=O) groups excluding carboxylic acids is 3. The molecule has 0 radical (unpaired) electrons. The van der Waals surface area contributed by atoms with E-state index < -0.39 is 17.1 Å². The molecule has 1 aliphatic heterocycles. The lowest BCUT2D eigenvalue weighted by atomic mass is 10.1.